The Morgan fingerprint density at radius 1 is 0.976 bits per heavy atom. The maximum absolute atomic E-state index is 13.7. The summed E-state index contributed by atoms with van der Waals surface area (Å²) in [4.78, 5) is 66.2. The Balaban J connectivity index is 3.17. The maximum atomic E-state index is 13.7. The lowest BCUT2D eigenvalue weighted by Crippen LogP contribution is -2.57. The van der Waals surface area contributed by atoms with Crippen LogP contribution >= 0.6 is 0 Å². The standard InChI is InChI=1S/C31H48N4O7/c1-10-17-35(28(38)23(18-22-15-13-12-14-16-22)32-30(40)42-31(6,7)8)19-24(36)33-26(21(5)11-2)27(37)34-25(20(3)4)29(39)41-9/h10,12-16,20-21,23,25-26H,1,11,17-19H2,2-9H3,(H,32,40)(H,33,36)(H,34,37)/t21-,23-,25-,26-/m0/s1. The highest BCUT2D eigenvalue weighted by Gasteiger charge is 2.33. The molecule has 0 spiro atoms. The van der Waals surface area contributed by atoms with Gasteiger partial charge in [-0.2, -0.15) is 0 Å². The van der Waals surface area contributed by atoms with E-state index in [1.807, 2.05) is 37.3 Å². The number of nitrogens with zero attached hydrogens (tertiary/aromatic N) is 1. The Kier molecular flexibility index (Phi) is 14.8. The lowest BCUT2D eigenvalue weighted by Gasteiger charge is -2.30. The van der Waals surface area contributed by atoms with Crippen LogP contribution in [0.1, 0.15) is 60.5 Å². The molecule has 234 valence electrons. The van der Waals surface area contributed by atoms with Gasteiger partial charge < -0.3 is 30.3 Å². The summed E-state index contributed by atoms with van der Waals surface area (Å²) in [6.45, 7) is 15.7. The predicted molar refractivity (Wildman–Crippen MR) is 160 cm³/mol. The van der Waals surface area contributed by atoms with Crippen molar-refractivity contribution in [3.05, 3.63) is 48.6 Å². The monoisotopic (exact) mass is 588 g/mol. The van der Waals surface area contributed by atoms with E-state index in [4.69, 9.17) is 9.47 Å². The van der Waals surface area contributed by atoms with Gasteiger partial charge in [-0.1, -0.05) is 70.5 Å². The molecular weight excluding hydrogens is 540 g/mol. The van der Waals surface area contributed by atoms with Crippen LogP contribution in [0.3, 0.4) is 0 Å². The molecule has 42 heavy (non-hydrogen) atoms. The first-order chi connectivity index (χ1) is 19.6. The van der Waals surface area contributed by atoms with E-state index in [1.54, 1.807) is 41.5 Å². The van der Waals surface area contributed by atoms with Crippen LogP contribution in [0, 0.1) is 11.8 Å². The summed E-state index contributed by atoms with van der Waals surface area (Å²) in [7, 11) is 1.24. The zero-order valence-corrected chi connectivity index (χ0v) is 26.2. The normalized spacial score (nSPS) is 14.0. The first-order valence-electron chi connectivity index (χ1n) is 14.2. The highest BCUT2D eigenvalue weighted by atomic mass is 16.6. The molecule has 3 N–H and O–H groups in total. The number of nitrogens with one attached hydrogen (secondary N) is 3. The summed E-state index contributed by atoms with van der Waals surface area (Å²) < 4.78 is 10.2. The number of hydrogen-bond donors (Lipinski definition) is 3. The van der Waals surface area contributed by atoms with E-state index in [1.165, 1.54) is 18.1 Å². The average molecular weight is 589 g/mol. The molecule has 1 aromatic rings. The molecule has 4 atom stereocenters. The molecule has 0 saturated carbocycles. The van der Waals surface area contributed by atoms with Crippen LogP contribution in [-0.4, -0.2) is 78.6 Å². The van der Waals surface area contributed by atoms with Crippen molar-refractivity contribution in [3.8, 4) is 0 Å². The van der Waals surface area contributed by atoms with Crippen molar-refractivity contribution < 1.29 is 33.4 Å². The van der Waals surface area contributed by atoms with Gasteiger partial charge in [-0.25, -0.2) is 9.59 Å². The van der Waals surface area contributed by atoms with Gasteiger partial charge >= 0.3 is 12.1 Å². The SMILES string of the molecule is C=CCN(CC(=O)N[C@H](C(=O)N[C@H](C(=O)OC)C(C)C)[C@@H](C)CC)C(=O)[C@H](Cc1ccccc1)NC(=O)OC(C)(C)C. The van der Waals surface area contributed by atoms with Gasteiger partial charge in [0.05, 0.1) is 13.7 Å². The van der Waals surface area contributed by atoms with Crippen LogP contribution in [0.4, 0.5) is 4.79 Å². The molecule has 4 amide bonds. The van der Waals surface area contributed by atoms with Gasteiger partial charge in [0.15, 0.2) is 0 Å². The molecule has 0 unspecified atom stereocenters. The Morgan fingerprint density at radius 2 is 1.60 bits per heavy atom. The molecule has 0 aromatic heterocycles. The Bertz CT molecular complexity index is 1070. The number of rotatable bonds is 15. The van der Waals surface area contributed by atoms with Gasteiger partial charge in [-0.3, -0.25) is 14.4 Å². The van der Waals surface area contributed by atoms with Gasteiger partial charge in [-0.05, 0) is 38.2 Å². The second-order valence-electron chi connectivity index (χ2n) is 11.6. The molecule has 0 aliphatic heterocycles. The molecule has 1 rings (SSSR count). The van der Waals surface area contributed by atoms with Crippen molar-refractivity contribution in [3.63, 3.8) is 0 Å². The number of carbonyl (C=O) groups excluding carboxylic acids is 5. The number of alkyl carbamates (subject to hydrolysis) is 1. The van der Waals surface area contributed by atoms with E-state index < -0.39 is 60.1 Å². The summed E-state index contributed by atoms with van der Waals surface area (Å²) in [5.41, 5.74) is 0.0211. The van der Waals surface area contributed by atoms with Crippen LogP contribution in [0.25, 0.3) is 0 Å². The minimum atomic E-state index is -1.03. The number of hydrogen-bond acceptors (Lipinski definition) is 7. The van der Waals surface area contributed by atoms with Crippen molar-refractivity contribution >= 4 is 29.8 Å². The minimum Gasteiger partial charge on any atom is -0.467 e. The Hall–Kier alpha value is -3.89. The molecule has 0 aliphatic carbocycles. The van der Waals surface area contributed by atoms with Crippen LogP contribution in [0.2, 0.25) is 0 Å². The van der Waals surface area contributed by atoms with Gasteiger partial charge in [0.1, 0.15) is 23.7 Å². The maximum Gasteiger partial charge on any atom is 0.408 e. The number of carbonyl (C=O) groups is 5. The predicted octanol–water partition coefficient (Wildman–Crippen LogP) is 2.98. The summed E-state index contributed by atoms with van der Waals surface area (Å²) in [5, 5.41) is 8.06. The topological polar surface area (TPSA) is 143 Å². The highest BCUT2D eigenvalue weighted by Crippen LogP contribution is 2.13. The van der Waals surface area contributed by atoms with Gasteiger partial charge in [0.25, 0.3) is 0 Å². The highest BCUT2D eigenvalue weighted by molar-refractivity contribution is 5.93. The second kappa shape index (κ2) is 17.2. The Labute approximate surface area is 249 Å². The minimum absolute atomic E-state index is 0.0193. The van der Waals surface area contributed by atoms with Gasteiger partial charge in [0, 0.05) is 13.0 Å². The van der Waals surface area contributed by atoms with Gasteiger partial charge in [0.2, 0.25) is 17.7 Å². The second-order valence-corrected chi connectivity index (χ2v) is 11.6. The van der Waals surface area contributed by atoms with E-state index >= 15 is 0 Å². The molecule has 0 radical (unpaired) electrons. The molecule has 0 saturated heterocycles. The molecule has 0 aliphatic rings. The molecule has 11 heteroatoms. The van der Waals surface area contributed by atoms with Crippen LogP contribution in [0.15, 0.2) is 43.0 Å². The number of methoxy groups -OCH3 is 1. The number of esters is 1. The Morgan fingerprint density at radius 3 is 2.10 bits per heavy atom. The van der Waals surface area contributed by atoms with Crippen LogP contribution < -0.4 is 16.0 Å². The number of amides is 4. The first-order valence-corrected chi connectivity index (χ1v) is 14.2. The molecular formula is C31H48N4O7. The van der Waals surface area contributed by atoms with Crippen molar-refractivity contribution in [1.29, 1.82) is 0 Å². The fourth-order valence-corrected chi connectivity index (χ4v) is 4.07. The third kappa shape index (κ3) is 12.3. The van der Waals surface area contributed by atoms with E-state index in [0.29, 0.717) is 6.42 Å². The van der Waals surface area contributed by atoms with Crippen LogP contribution in [-0.2, 0) is 35.1 Å². The number of benzene rings is 1. The molecule has 0 fully saturated rings. The zero-order valence-electron chi connectivity index (χ0n) is 26.2. The largest absolute Gasteiger partial charge is 0.467 e. The third-order valence-corrected chi connectivity index (χ3v) is 6.50. The summed E-state index contributed by atoms with van der Waals surface area (Å²) in [6.07, 6.45) is 1.44. The molecule has 11 nitrogen and oxygen atoms in total. The lowest BCUT2D eigenvalue weighted by atomic mass is 9.96. The molecule has 1 aromatic carbocycles. The van der Waals surface area contributed by atoms with E-state index in [2.05, 4.69) is 22.5 Å². The van der Waals surface area contributed by atoms with Gasteiger partial charge in [-0.15, -0.1) is 6.58 Å². The average Bonchev–Trinajstić information content (AvgIpc) is 2.92. The summed E-state index contributed by atoms with van der Waals surface area (Å²) in [6, 6.07) is 6.26. The molecule has 0 heterocycles. The fraction of sp³-hybridized carbons (Fsp3) is 0.581. The first kappa shape index (κ1) is 36.1. The number of ether oxygens (including phenoxy) is 2. The van der Waals surface area contributed by atoms with Crippen molar-refractivity contribution in [2.24, 2.45) is 11.8 Å². The smallest absolute Gasteiger partial charge is 0.408 e. The van der Waals surface area contributed by atoms with E-state index in [-0.39, 0.29) is 24.8 Å². The van der Waals surface area contributed by atoms with Crippen LogP contribution in [0.5, 0.6) is 0 Å². The van der Waals surface area contributed by atoms with Crippen molar-refractivity contribution in [2.45, 2.75) is 85.0 Å². The molecule has 0 bridgehead atoms. The lowest BCUT2D eigenvalue weighted by molar-refractivity contribution is -0.147. The zero-order chi connectivity index (χ0) is 32.0. The van der Waals surface area contributed by atoms with E-state index in [9.17, 15) is 24.0 Å². The van der Waals surface area contributed by atoms with Crippen molar-refractivity contribution in [1.82, 2.24) is 20.9 Å². The third-order valence-electron chi connectivity index (χ3n) is 6.50. The van der Waals surface area contributed by atoms with E-state index in [0.717, 1.165) is 5.56 Å². The summed E-state index contributed by atoms with van der Waals surface area (Å²) >= 11 is 0. The van der Waals surface area contributed by atoms with Crippen molar-refractivity contribution in [2.75, 3.05) is 20.2 Å². The summed E-state index contributed by atoms with van der Waals surface area (Å²) in [5.74, 6) is -2.73. The quantitative estimate of drug-likeness (QED) is 0.211. The fourth-order valence-electron chi connectivity index (χ4n) is 4.07.